The van der Waals surface area contributed by atoms with E-state index in [4.69, 9.17) is 20.8 Å². The maximum absolute atomic E-state index is 12.3. The van der Waals surface area contributed by atoms with E-state index in [2.05, 4.69) is 5.32 Å². The monoisotopic (exact) mass is 357 g/mol. The fourth-order valence-corrected chi connectivity index (χ4v) is 2.62. The lowest BCUT2D eigenvalue weighted by molar-refractivity contribution is -0.123. The van der Waals surface area contributed by atoms with Crippen LogP contribution in [0.1, 0.15) is 23.0 Å². The lowest BCUT2D eigenvalue weighted by atomic mass is 10.1. The molecule has 0 radical (unpaired) electrons. The smallest absolute Gasteiger partial charge is 0.375 e. The van der Waals surface area contributed by atoms with Gasteiger partial charge in [-0.15, -0.1) is 0 Å². The number of esters is 1. The molecule has 0 aliphatic heterocycles. The van der Waals surface area contributed by atoms with E-state index < -0.39 is 18.0 Å². The number of para-hydroxylation sites is 2. The van der Waals surface area contributed by atoms with Crippen LogP contribution in [0.3, 0.4) is 0 Å². The van der Waals surface area contributed by atoms with Gasteiger partial charge in [0.15, 0.2) is 6.10 Å². The number of fused-ring (bicyclic) bond motifs is 1. The van der Waals surface area contributed by atoms with Crippen molar-refractivity contribution < 1.29 is 18.7 Å². The maximum Gasteiger partial charge on any atom is 0.375 e. The largest absolute Gasteiger partial charge is 0.449 e. The Hall–Kier alpha value is -2.79. The molecule has 1 aromatic heterocycles. The molecule has 6 heteroatoms. The minimum absolute atomic E-state index is 0.0959. The average Bonchev–Trinajstić information content (AvgIpc) is 2.94. The molecule has 25 heavy (non-hydrogen) atoms. The molecule has 1 N–H and O–H groups in total. The van der Waals surface area contributed by atoms with Crippen LogP contribution in [-0.2, 0) is 9.53 Å². The van der Waals surface area contributed by atoms with Gasteiger partial charge in [0.25, 0.3) is 5.91 Å². The first-order valence-electron chi connectivity index (χ1n) is 7.72. The van der Waals surface area contributed by atoms with Gasteiger partial charge >= 0.3 is 5.97 Å². The molecule has 0 unspecified atom stereocenters. The minimum Gasteiger partial charge on any atom is -0.449 e. The topological polar surface area (TPSA) is 68.5 Å². The van der Waals surface area contributed by atoms with Crippen molar-refractivity contribution in [3.05, 3.63) is 64.9 Å². The van der Waals surface area contributed by atoms with Crippen LogP contribution in [0.25, 0.3) is 11.0 Å². The number of carbonyl (C=O) groups is 2. The van der Waals surface area contributed by atoms with Crippen molar-refractivity contribution in [1.29, 1.82) is 0 Å². The molecule has 0 aliphatic carbocycles. The van der Waals surface area contributed by atoms with Gasteiger partial charge in [-0.2, -0.15) is 0 Å². The standard InChI is InChI=1S/C19H16ClNO4/c1-11-13-7-3-6-10-16(13)25-17(11)19(23)24-12(2)18(22)21-15-9-5-4-8-14(15)20/h3-10,12H,1-2H3,(H,21,22)/t12-/m1/s1. The average molecular weight is 358 g/mol. The number of furan rings is 1. The van der Waals surface area contributed by atoms with Crippen molar-refractivity contribution in [3.63, 3.8) is 0 Å². The van der Waals surface area contributed by atoms with Crippen molar-refractivity contribution in [2.45, 2.75) is 20.0 Å². The number of amides is 1. The first kappa shape index (κ1) is 17.0. The summed E-state index contributed by atoms with van der Waals surface area (Å²) in [6.07, 6.45) is -1.00. The van der Waals surface area contributed by atoms with E-state index in [1.165, 1.54) is 6.92 Å². The summed E-state index contributed by atoms with van der Waals surface area (Å²) in [6.45, 7) is 3.26. The predicted molar refractivity (Wildman–Crippen MR) is 95.9 cm³/mol. The zero-order chi connectivity index (χ0) is 18.0. The number of halogens is 1. The van der Waals surface area contributed by atoms with E-state index in [9.17, 15) is 9.59 Å². The Balaban J connectivity index is 1.72. The van der Waals surface area contributed by atoms with Gasteiger partial charge in [-0.25, -0.2) is 4.79 Å². The highest BCUT2D eigenvalue weighted by Crippen LogP contribution is 2.26. The van der Waals surface area contributed by atoms with Gasteiger partial charge < -0.3 is 14.5 Å². The molecule has 0 saturated heterocycles. The summed E-state index contributed by atoms with van der Waals surface area (Å²) in [5.41, 5.74) is 1.73. The van der Waals surface area contributed by atoms with Gasteiger partial charge in [0.1, 0.15) is 5.58 Å². The molecular formula is C19H16ClNO4. The molecule has 0 aliphatic rings. The normalized spacial score (nSPS) is 12.0. The summed E-state index contributed by atoms with van der Waals surface area (Å²) < 4.78 is 10.8. The van der Waals surface area contributed by atoms with Gasteiger partial charge in [-0.05, 0) is 32.0 Å². The van der Waals surface area contributed by atoms with Gasteiger partial charge in [-0.1, -0.05) is 41.9 Å². The Morgan fingerprint density at radius 3 is 2.52 bits per heavy atom. The highest BCUT2D eigenvalue weighted by Gasteiger charge is 2.24. The first-order valence-corrected chi connectivity index (χ1v) is 8.09. The van der Waals surface area contributed by atoms with Crippen LogP contribution >= 0.6 is 11.6 Å². The fraction of sp³-hybridized carbons (Fsp3) is 0.158. The van der Waals surface area contributed by atoms with Crippen LogP contribution < -0.4 is 5.32 Å². The number of aryl methyl sites for hydroxylation is 1. The third-order valence-electron chi connectivity index (χ3n) is 3.81. The Morgan fingerprint density at radius 2 is 1.80 bits per heavy atom. The second kappa shape index (κ2) is 6.99. The summed E-state index contributed by atoms with van der Waals surface area (Å²) in [5, 5.41) is 3.87. The molecule has 3 aromatic rings. The Bertz CT molecular complexity index is 948. The van der Waals surface area contributed by atoms with E-state index in [1.54, 1.807) is 37.3 Å². The van der Waals surface area contributed by atoms with Crippen LogP contribution in [0.4, 0.5) is 5.69 Å². The quantitative estimate of drug-likeness (QED) is 0.694. The summed E-state index contributed by atoms with van der Waals surface area (Å²) >= 11 is 6.00. The summed E-state index contributed by atoms with van der Waals surface area (Å²) in [7, 11) is 0. The number of hydrogen-bond donors (Lipinski definition) is 1. The van der Waals surface area contributed by atoms with Crippen LogP contribution in [0.2, 0.25) is 5.02 Å². The second-order valence-corrected chi connectivity index (χ2v) is 5.98. The first-order chi connectivity index (χ1) is 12.0. The lowest BCUT2D eigenvalue weighted by Crippen LogP contribution is -2.30. The van der Waals surface area contributed by atoms with Crippen LogP contribution in [0.5, 0.6) is 0 Å². The molecule has 2 aromatic carbocycles. The van der Waals surface area contributed by atoms with E-state index in [-0.39, 0.29) is 5.76 Å². The highest BCUT2D eigenvalue weighted by molar-refractivity contribution is 6.33. The minimum atomic E-state index is -1.00. The van der Waals surface area contributed by atoms with Crippen molar-refractivity contribution >= 4 is 40.1 Å². The van der Waals surface area contributed by atoms with Crippen molar-refractivity contribution in [3.8, 4) is 0 Å². The van der Waals surface area contributed by atoms with Crippen LogP contribution in [0.15, 0.2) is 52.9 Å². The van der Waals surface area contributed by atoms with Crippen LogP contribution in [0, 0.1) is 6.92 Å². The van der Waals surface area contributed by atoms with Gasteiger partial charge in [-0.3, -0.25) is 4.79 Å². The Labute approximate surface area is 149 Å². The zero-order valence-corrected chi connectivity index (χ0v) is 14.5. The molecule has 0 bridgehead atoms. The number of carbonyl (C=O) groups excluding carboxylic acids is 2. The van der Waals surface area contributed by atoms with E-state index in [0.29, 0.717) is 21.9 Å². The predicted octanol–water partition coefficient (Wildman–Crippen LogP) is 4.58. The number of anilines is 1. The number of ether oxygens (including phenoxy) is 1. The second-order valence-electron chi connectivity index (χ2n) is 5.57. The molecule has 1 amide bonds. The van der Waals surface area contributed by atoms with Gasteiger partial charge in [0.2, 0.25) is 5.76 Å². The SMILES string of the molecule is Cc1c(C(=O)O[C@H](C)C(=O)Nc2ccccc2Cl)oc2ccccc12. The molecule has 3 rings (SSSR count). The summed E-state index contributed by atoms with van der Waals surface area (Å²) in [4.78, 5) is 24.6. The number of nitrogens with one attached hydrogen (secondary N) is 1. The van der Waals surface area contributed by atoms with Crippen LogP contribution in [-0.4, -0.2) is 18.0 Å². The Morgan fingerprint density at radius 1 is 1.12 bits per heavy atom. The molecule has 0 spiro atoms. The van der Waals surface area contributed by atoms with Crippen molar-refractivity contribution in [2.75, 3.05) is 5.32 Å². The molecular weight excluding hydrogens is 342 g/mol. The fourth-order valence-electron chi connectivity index (χ4n) is 2.43. The molecule has 128 valence electrons. The molecule has 1 atom stereocenters. The van der Waals surface area contributed by atoms with E-state index in [0.717, 1.165) is 5.39 Å². The third-order valence-corrected chi connectivity index (χ3v) is 4.14. The number of hydrogen-bond acceptors (Lipinski definition) is 4. The number of rotatable bonds is 4. The van der Waals surface area contributed by atoms with E-state index in [1.807, 2.05) is 18.2 Å². The van der Waals surface area contributed by atoms with Gasteiger partial charge in [0, 0.05) is 10.9 Å². The van der Waals surface area contributed by atoms with Gasteiger partial charge in [0.05, 0.1) is 10.7 Å². The lowest BCUT2D eigenvalue weighted by Gasteiger charge is -2.13. The highest BCUT2D eigenvalue weighted by atomic mass is 35.5. The van der Waals surface area contributed by atoms with Crippen molar-refractivity contribution in [1.82, 2.24) is 0 Å². The molecule has 5 nitrogen and oxygen atoms in total. The molecule has 1 heterocycles. The number of benzene rings is 2. The molecule has 0 saturated carbocycles. The zero-order valence-electron chi connectivity index (χ0n) is 13.7. The summed E-state index contributed by atoms with van der Waals surface area (Å²) in [6, 6.07) is 14.1. The summed E-state index contributed by atoms with van der Waals surface area (Å²) in [5.74, 6) is -1.07. The Kier molecular flexibility index (Phi) is 4.76. The van der Waals surface area contributed by atoms with Crippen molar-refractivity contribution in [2.24, 2.45) is 0 Å². The third kappa shape index (κ3) is 3.51. The van der Waals surface area contributed by atoms with E-state index >= 15 is 0 Å². The maximum atomic E-state index is 12.3. The molecule has 0 fully saturated rings.